The third-order valence-corrected chi connectivity index (χ3v) is 6.60. The molecule has 0 unspecified atom stereocenters. The predicted octanol–water partition coefficient (Wildman–Crippen LogP) is 3.61. The van der Waals surface area contributed by atoms with Gasteiger partial charge >= 0.3 is 5.97 Å². The fourth-order valence-corrected chi connectivity index (χ4v) is 4.76. The minimum absolute atomic E-state index is 0.111. The standard InChI is InChI=1S/C23H29ClN4O2/c24-20-6-2-1-5-18(20)17-26-13-9-19(10-14-26)27-11-4-12-28(16-15-27)22-8-3-7-21(25-22)23(29)30/h1-3,5-8,19H,4,9-17H2,(H,29,30). The van der Waals surface area contributed by atoms with Crippen LogP contribution in [-0.4, -0.2) is 71.2 Å². The molecule has 4 rings (SSSR count). The number of hydrogen-bond acceptors (Lipinski definition) is 5. The number of halogens is 1. The van der Waals surface area contributed by atoms with Crippen molar-refractivity contribution < 1.29 is 9.90 Å². The van der Waals surface area contributed by atoms with Gasteiger partial charge in [0, 0.05) is 43.8 Å². The smallest absolute Gasteiger partial charge is 0.354 e. The van der Waals surface area contributed by atoms with E-state index in [0.29, 0.717) is 6.04 Å². The topological polar surface area (TPSA) is 59.9 Å². The van der Waals surface area contributed by atoms with E-state index in [1.54, 1.807) is 12.1 Å². The summed E-state index contributed by atoms with van der Waals surface area (Å²) in [5.41, 5.74) is 1.32. The van der Waals surface area contributed by atoms with Crippen LogP contribution in [0.4, 0.5) is 5.82 Å². The Labute approximate surface area is 183 Å². The average molecular weight is 429 g/mol. The van der Waals surface area contributed by atoms with Crippen molar-refractivity contribution in [2.24, 2.45) is 0 Å². The maximum Gasteiger partial charge on any atom is 0.354 e. The molecule has 0 bridgehead atoms. The fraction of sp³-hybridized carbons (Fsp3) is 0.478. The number of anilines is 1. The van der Waals surface area contributed by atoms with Gasteiger partial charge < -0.3 is 10.0 Å². The SMILES string of the molecule is O=C(O)c1cccc(N2CCCN(C3CCN(Cc4ccccc4Cl)CC3)CC2)n1. The van der Waals surface area contributed by atoms with Crippen molar-refractivity contribution in [3.05, 3.63) is 58.7 Å². The van der Waals surface area contributed by atoms with Gasteiger partial charge in [0.2, 0.25) is 0 Å². The summed E-state index contributed by atoms with van der Waals surface area (Å²) >= 11 is 6.33. The number of carbonyl (C=O) groups is 1. The zero-order valence-electron chi connectivity index (χ0n) is 17.2. The van der Waals surface area contributed by atoms with Crippen LogP contribution in [0.2, 0.25) is 5.02 Å². The van der Waals surface area contributed by atoms with Crippen molar-refractivity contribution in [2.75, 3.05) is 44.2 Å². The number of pyridine rings is 1. The Hall–Kier alpha value is -2.15. The van der Waals surface area contributed by atoms with E-state index in [-0.39, 0.29) is 5.69 Å². The zero-order valence-corrected chi connectivity index (χ0v) is 18.0. The summed E-state index contributed by atoms with van der Waals surface area (Å²) in [6, 6.07) is 14.0. The molecule has 1 N–H and O–H groups in total. The Kier molecular flexibility index (Phi) is 6.87. The molecule has 2 aliphatic heterocycles. The summed E-state index contributed by atoms with van der Waals surface area (Å²) in [6.07, 6.45) is 3.42. The molecule has 0 amide bonds. The Morgan fingerprint density at radius 2 is 1.80 bits per heavy atom. The highest BCUT2D eigenvalue weighted by Crippen LogP contribution is 2.23. The molecule has 30 heavy (non-hydrogen) atoms. The summed E-state index contributed by atoms with van der Waals surface area (Å²) in [4.78, 5) is 22.9. The average Bonchev–Trinajstić information content (AvgIpc) is 3.02. The third-order valence-electron chi connectivity index (χ3n) is 6.23. The highest BCUT2D eigenvalue weighted by atomic mass is 35.5. The van der Waals surface area contributed by atoms with Crippen LogP contribution in [0.25, 0.3) is 0 Å². The fourth-order valence-electron chi connectivity index (χ4n) is 4.56. The second-order valence-corrected chi connectivity index (χ2v) is 8.57. The molecule has 6 nitrogen and oxygen atoms in total. The van der Waals surface area contributed by atoms with Gasteiger partial charge in [-0.1, -0.05) is 35.9 Å². The minimum atomic E-state index is -0.975. The van der Waals surface area contributed by atoms with Crippen LogP contribution in [0.5, 0.6) is 0 Å². The zero-order chi connectivity index (χ0) is 20.9. The first-order chi connectivity index (χ1) is 14.6. The van der Waals surface area contributed by atoms with Crippen molar-refractivity contribution in [3.8, 4) is 0 Å². The first kappa shape index (κ1) is 21.1. The van der Waals surface area contributed by atoms with Crippen molar-refractivity contribution in [3.63, 3.8) is 0 Å². The molecule has 0 saturated carbocycles. The van der Waals surface area contributed by atoms with Crippen LogP contribution < -0.4 is 4.90 Å². The first-order valence-electron chi connectivity index (χ1n) is 10.8. The van der Waals surface area contributed by atoms with E-state index in [1.807, 2.05) is 18.2 Å². The van der Waals surface area contributed by atoms with Gasteiger partial charge in [0.1, 0.15) is 5.82 Å². The van der Waals surface area contributed by atoms with E-state index in [4.69, 9.17) is 11.6 Å². The largest absolute Gasteiger partial charge is 0.477 e. The van der Waals surface area contributed by atoms with Crippen molar-refractivity contribution in [1.29, 1.82) is 0 Å². The second kappa shape index (κ2) is 9.77. The molecule has 2 aliphatic rings. The van der Waals surface area contributed by atoms with Crippen LogP contribution in [0.15, 0.2) is 42.5 Å². The number of benzene rings is 1. The number of carboxylic acid groups (broad SMARTS) is 1. The number of likely N-dealkylation sites (tertiary alicyclic amines) is 1. The van der Waals surface area contributed by atoms with E-state index in [9.17, 15) is 9.90 Å². The van der Waals surface area contributed by atoms with E-state index >= 15 is 0 Å². The summed E-state index contributed by atoms with van der Waals surface area (Å²) in [5, 5.41) is 10.1. The lowest BCUT2D eigenvalue weighted by molar-refractivity contribution is 0.0690. The highest BCUT2D eigenvalue weighted by Gasteiger charge is 2.27. The Balaban J connectivity index is 1.30. The lowest BCUT2D eigenvalue weighted by atomic mass is 10.0. The maximum absolute atomic E-state index is 11.2. The van der Waals surface area contributed by atoms with Gasteiger partial charge in [-0.3, -0.25) is 9.80 Å². The van der Waals surface area contributed by atoms with Crippen molar-refractivity contribution in [2.45, 2.75) is 31.8 Å². The van der Waals surface area contributed by atoms with Crippen LogP contribution in [0.1, 0.15) is 35.3 Å². The second-order valence-electron chi connectivity index (χ2n) is 8.16. The minimum Gasteiger partial charge on any atom is -0.477 e. The van der Waals surface area contributed by atoms with Crippen molar-refractivity contribution >= 4 is 23.4 Å². The molecule has 0 spiro atoms. The maximum atomic E-state index is 11.2. The third kappa shape index (κ3) is 5.12. The van der Waals surface area contributed by atoms with Gasteiger partial charge in [-0.05, 0) is 56.1 Å². The van der Waals surface area contributed by atoms with E-state index in [2.05, 4.69) is 31.8 Å². The lowest BCUT2D eigenvalue weighted by Crippen LogP contribution is -2.46. The molecule has 0 atom stereocenters. The highest BCUT2D eigenvalue weighted by molar-refractivity contribution is 6.31. The number of nitrogens with zero attached hydrogens (tertiary/aromatic N) is 4. The number of aromatic carboxylic acids is 1. The van der Waals surface area contributed by atoms with Gasteiger partial charge in [-0.25, -0.2) is 9.78 Å². The molecular weight excluding hydrogens is 400 g/mol. The molecule has 160 valence electrons. The Bertz CT molecular complexity index is 870. The van der Waals surface area contributed by atoms with Gasteiger partial charge in [-0.2, -0.15) is 0 Å². The number of aromatic nitrogens is 1. The molecule has 0 radical (unpaired) electrons. The van der Waals surface area contributed by atoms with Crippen LogP contribution >= 0.6 is 11.6 Å². The molecule has 7 heteroatoms. The van der Waals surface area contributed by atoms with Gasteiger partial charge in [0.05, 0.1) is 0 Å². The van der Waals surface area contributed by atoms with Crippen LogP contribution in [-0.2, 0) is 6.54 Å². The van der Waals surface area contributed by atoms with Crippen LogP contribution in [0.3, 0.4) is 0 Å². The number of carboxylic acids is 1. The molecule has 2 fully saturated rings. The summed E-state index contributed by atoms with van der Waals surface area (Å²) in [7, 11) is 0. The molecular formula is C23H29ClN4O2. The predicted molar refractivity (Wildman–Crippen MR) is 119 cm³/mol. The lowest BCUT2D eigenvalue weighted by Gasteiger charge is -2.38. The quantitative estimate of drug-likeness (QED) is 0.785. The first-order valence-corrected chi connectivity index (χ1v) is 11.1. The normalized spacial score (nSPS) is 19.6. The van der Waals surface area contributed by atoms with E-state index in [0.717, 1.165) is 63.1 Å². The van der Waals surface area contributed by atoms with E-state index in [1.165, 1.54) is 18.4 Å². The molecule has 0 aliphatic carbocycles. The van der Waals surface area contributed by atoms with E-state index < -0.39 is 5.97 Å². The molecule has 1 aromatic carbocycles. The summed E-state index contributed by atoms with van der Waals surface area (Å²) < 4.78 is 0. The summed E-state index contributed by atoms with van der Waals surface area (Å²) in [6.45, 7) is 6.99. The Morgan fingerprint density at radius 3 is 2.57 bits per heavy atom. The number of rotatable bonds is 5. The molecule has 2 saturated heterocycles. The Morgan fingerprint density at radius 1 is 1.00 bits per heavy atom. The van der Waals surface area contributed by atoms with Crippen molar-refractivity contribution in [1.82, 2.24) is 14.8 Å². The monoisotopic (exact) mass is 428 g/mol. The summed E-state index contributed by atoms with van der Waals surface area (Å²) in [5.74, 6) is -0.205. The number of hydrogen-bond donors (Lipinski definition) is 1. The number of piperidine rings is 1. The van der Waals surface area contributed by atoms with Gasteiger partial charge in [0.25, 0.3) is 0 Å². The molecule has 1 aromatic heterocycles. The molecule has 3 heterocycles. The molecule has 2 aromatic rings. The van der Waals surface area contributed by atoms with Gasteiger partial charge in [0.15, 0.2) is 5.69 Å². The van der Waals surface area contributed by atoms with Gasteiger partial charge in [-0.15, -0.1) is 0 Å². The van der Waals surface area contributed by atoms with Crippen LogP contribution in [0, 0.1) is 0 Å².